The lowest BCUT2D eigenvalue weighted by Gasteiger charge is -2.27. The third-order valence-electron chi connectivity index (χ3n) is 4.34. The van der Waals surface area contributed by atoms with Gasteiger partial charge >= 0.3 is 16.4 Å². The minimum absolute atomic E-state index is 0.0189. The third-order valence-corrected chi connectivity index (χ3v) is 4.69. The zero-order valence-corrected chi connectivity index (χ0v) is 15.2. The van der Waals surface area contributed by atoms with Crippen molar-refractivity contribution >= 4 is 22.3 Å². The lowest BCUT2D eigenvalue weighted by atomic mass is 10.0. The van der Waals surface area contributed by atoms with E-state index in [0.29, 0.717) is 15.4 Å². The van der Waals surface area contributed by atoms with Gasteiger partial charge in [-0.05, 0) is 12.5 Å². The van der Waals surface area contributed by atoms with Crippen molar-refractivity contribution in [2.75, 3.05) is 6.54 Å². The molecule has 0 radical (unpaired) electrons. The van der Waals surface area contributed by atoms with Crippen molar-refractivity contribution in [3.05, 3.63) is 39.8 Å². The van der Waals surface area contributed by atoms with Gasteiger partial charge in [0, 0.05) is 6.07 Å². The number of carbonyl (C=O) groups is 2. The van der Waals surface area contributed by atoms with Crippen molar-refractivity contribution in [2.24, 2.45) is 0 Å². The number of hydrogen-bond acceptors (Lipinski definition) is 8. The highest BCUT2D eigenvalue weighted by atomic mass is 32.3. The molecule has 0 aromatic carbocycles. The number of amides is 3. The second-order valence-electron chi connectivity index (χ2n) is 6.21. The lowest BCUT2D eigenvalue weighted by Crippen LogP contribution is -2.48. The Labute approximate surface area is 157 Å². The van der Waals surface area contributed by atoms with Gasteiger partial charge in [-0.2, -0.15) is 18.2 Å². The average Bonchev–Trinajstić information content (AvgIpc) is 2.85. The Morgan fingerprint density at radius 1 is 1.39 bits per heavy atom. The van der Waals surface area contributed by atoms with E-state index >= 15 is 0 Å². The smallest absolute Gasteiger partial charge is 0.418 e. The van der Waals surface area contributed by atoms with Crippen LogP contribution in [0.15, 0.2) is 28.7 Å². The molecule has 3 rings (SSSR count). The number of rotatable bonds is 5. The van der Waals surface area contributed by atoms with Gasteiger partial charge in [-0.3, -0.25) is 14.1 Å². The zero-order valence-electron chi connectivity index (χ0n) is 14.3. The molecule has 28 heavy (non-hydrogen) atoms. The molecule has 152 valence electrons. The summed E-state index contributed by atoms with van der Waals surface area (Å²) in [5.41, 5.74) is -0.303. The highest BCUT2D eigenvalue weighted by Gasteiger charge is 2.49. The second-order valence-corrected chi connectivity index (χ2v) is 7.22. The Kier molecular flexibility index (Phi) is 4.78. The van der Waals surface area contributed by atoms with E-state index in [4.69, 9.17) is 4.55 Å². The first-order valence-corrected chi connectivity index (χ1v) is 9.21. The Bertz CT molecular complexity index is 1030. The fraction of sp³-hybridized carbons (Fsp3) is 0.357. The number of aromatic nitrogens is 1. The normalized spacial score (nSPS) is 21.6. The van der Waals surface area contributed by atoms with Gasteiger partial charge in [0.2, 0.25) is 11.3 Å². The summed E-state index contributed by atoms with van der Waals surface area (Å²) in [6, 6.07) is -1.90. The molecule has 1 aromatic heterocycles. The molecule has 2 atom stereocenters. The first kappa shape index (κ1) is 19.7. The number of urea groups is 1. The minimum Gasteiger partial charge on any atom is -0.503 e. The van der Waals surface area contributed by atoms with Crippen LogP contribution in [0.25, 0.3) is 0 Å². The number of aromatic hydroxyl groups is 1. The summed E-state index contributed by atoms with van der Waals surface area (Å²) in [4.78, 5) is 37.4. The lowest BCUT2D eigenvalue weighted by molar-refractivity contribution is -0.124. The van der Waals surface area contributed by atoms with E-state index in [9.17, 15) is 33.1 Å². The van der Waals surface area contributed by atoms with Crippen molar-refractivity contribution in [1.82, 2.24) is 20.0 Å². The molecule has 2 aliphatic heterocycles. The van der Waals surface area contributed by atoms with Crippen LogP contribution in [0, 0.1) is 0 Å². The largest absolute Gasteiger partial charge is 0.503 e. The number of carbonyl (C=O) groups excluding carboxylic acids is 2. The summed E-state index contributed by atoms with van der Waals surface area (Å²) in [6.45, 7) is 1.23. The van der Waals surface area contributed by atoms with E-state index in [1.54, 1.807) is 6.92 Å². The van der Waals surface area contributed by atoms with E-state index in [0.717, 1.165) is 17.2 Å². The number of nitrogens with zero attached hydrogens (tertiary/aromatic N) is 3. The minimum atomic E-state index is -4.93. The molecule has 1 saturated heterocycles. The molecule has 0 aliphatic carbocycles. The summed E-state index contributed by atoms with van der Waals surface area (Å²) in [6.07, 6.45) is 2.20. The topological polar surface area (TPSA) is 179 Å². The Hall–Kier alpha value is -3.10. The van der Waals surface area contributed by atoms with Crippen molar-refractivity contribution in [3.63, 3.8) is 0 Å². The number of hydrogen-bond donors (Lipinski definition) is 4. The first-order chi connectivity index (χ1) is 13.0. The fourth-order valence-corrected chi connectivity index (χ4v) is 3.35. The summed E-state index contributed by atoms with van der Waals surface area (Å²) in [5, 5.41) is 21.8. The van der Waals surface area contributed by atoms with Gasteiger partial charge in [-0.25, -0.2) is 4.79 Å². The predicted octanol–water partition coefficient (Wildman–Crippen LogP) is -1.42. The van der Waals surface area contributed by atoms with Crippen LogP contribution < -0.4 is 10.7 Å². The highest BCUT2D eigenvalue weighted by Crippen LogP contribution is 2.30. The van der Waals surface area contributed by atoms with Crippen molar-refractivity contribution < 1.29 is 37.2 Å². The molecule has 3 amide bonds. The van der Waals surface area contributed by atoms with Gasteiger partial charge in [-0.15, -0.1) is 4.28 Å². The Morgan fingerprint density at radius 3 is 2.71 bits per heavy atom. The summed E-state index contributed by atoms with van der Waals surface area (Å²) in [5.74, 6) is -1.34. The van der Waals surface area contributed by atoms with Crippen LogP contribution in [0.2, 0.25) is 0 Å². The van der Waals surface area contributed by atoms with Crippen LogP contribution >= 0.6 is 0 Å². The molecule has 4 N–H and O–H groups in total. The fourth-order valence-electron chi connectivity index (χ4n) is 2.98. The monoisotopic (exact) mass is 416 g/mol. The number of pyridine rings is 1. The third kappa shape index (κ3) is 3.64. The Morgan fingerprint density at radius 2 is 2.07 bits per heavy atom. The average molecular weight is 416 g/mol. The number of fused-ring (bicyclic) bond motifs is 2. The molecule has 2 aliphatic rings. The maximum absolute atomic E-state index is 12.5. The van der Waals surface area contributed by atoms with Crippen LogP contribution in [-0.2, 0) is 26.0 Å². The van der Waals surface area contributed by atoms with E-state index in [1.807, 2.05) is 0 Å². The molecule has 1 fully saturated rings. The molecule has 3 heterocycles. The Balaban J connectivity index is 1.75. The van der Waals surface area contributed by atoms with Crippen LogP contribution in [0.1, 0.15) is 12.6 Å². The molecule has 2 bridgehead atoms. The molecule has 13 nitrogen and oxygen atoms in total. The van der Waals surface area contributed by atoms with Gasteiger partial charge in [0.25, 0.3) is 0 Å². The van der Waals surface area contributed by atoms with E-state index in [-0.39, 0.29) is 18.8 Å². The molecular formula is C14H16N4O9S. The molecule has 0 saturated carbocycles. The molecule has 1 aromatic rings. The van der Waals surface area contributed by atoms with Crippen molar-refractivity contribution in [1.29, 1.82) is 0 Å². The molecule has 14 heteroatoms. The molecular weight excluding hydrogens is 400 g/mol. The molecule has 0 spiro atoms. The van der Waals surface area contributed by atoms with Crippen LogP contribution in [0.3, 0.4) is 0 Å². The first-order valence-electron chi connectivity index (χ1n) is 7.84. The number of hydroxylamine groups is 2. The van der Waals surface area contributed by atoms with E-state index in [2.05, 4.69) is 9.60 Å². The van der Waals surface area contributed by atoms with Crippen LogP contribution in [-0.4, -0.2) is 68.5 Å². The predicted molar refractivity (Wildman–Crippen MR) is 89.3 cm³/mol. The highest BCUT2D eigenvalue weighted by molar-refractivity contribution is 7.80. The quantitative estimate of drug-likeness (QED) is 0.254. The van der Waals surface area contributed by atoms with Gasteiger partial charge in [0.15, 0.2) is 5.75 Å². The zero-order chi connectivity index (χ0) is 20.8. The maximum atomic E-state index is 12.5. The van der Waals surface area contributed by atoms with Gasteiger partial charge < -0.3 is 20.5 Å². The standard InChI is InChI=1S/C14H16N4O9S/c1-7-2-9(16-5-10(7)18(14(16)22)27-28(24,25)26)13(21)15-4-8-3-11(19)12(20)6-17(8)23/h2-3,6,9-10,20,23H,4-5H2,1H3,(H,15,21)(H,24,25,26)/t9-,10?/m0/s1. The van der Waals surface area contributed by atoms with Gasteiger partial charge in [0.1, 0.15) is 12.1 Å². The second kappa shape index (κ2) is 6.81. The van der Waals surface area contributed by atoms with E-state index in [1.165, 1.54) is 6.08 Å². The van der Waals surface area contributed by atoms with Crippen molar-refractivity contribution in [2.45, 2.75) is 25.6 Å². The molecule has 1 unspecified atom stereocenters. The number of nitrogens with one attached hydrogen (secondary N) is 1. The van der Waals surface area contributed by atoms with Crippen LogP contribution in [0.5, 0.6) is 5.75 Å². The summed E-state index contributed by atoms with van der Waals surface area (Å²) >= 11 is 0. The van der Waals surface area contributed by atoms with Crippen molar-refractivity contribution in [3.8, 4) is 5.75 Å². The SMILES string of the molecule is CC1=C[C@@H](C(=O)NCc2cc(=O)c(O)cn2O)N2CC1N(OS(=O)(=O)O)C2=O. The van der Waals surface area contributed by atoms with Crippen LogP contribution in [0.4, 0.5) is 4.79 Å². The maximum Gasteiger partial charge on any atom is 0.418 e. The summed E-state index contributed by atoms with van der Waals surface area (Å²) < 4.78 is 35.5. The van der Waals surface area contributed by atoms with E-state index < -0.39 is 45.6 Å². The van der Waals surface area contributed by atoms with Gasteiger partial charge in [0.05, 0.1) is 25.0 Å². The van der Waals surface area contributed by atoms with Gasteiger partial charge in [-0.1, -0.05) is 6.08 Å². The summed E-state index contributed by atoms with van der Waals surface area (Å²) in [7, 11) is -4.93.